The number of rotatable bonds is 6. The van der Waals surface area contributed by atoms with Crippen molar-refractivity contribution in [3.63, 3.8) is 0 Å². The number of carbonyl (C=O) groups is 3. The minimum absolute atomic E-state index is 0.00958. The van der Waals surface area contributed by atoms with E-state index in [1.807, 2.05) is 0 Å². The lowest BCUT2D eigenvalue weighted by atomic mass is 10.2. The SMILES string of the molecule is CCOC(=O)Cn1c(=NC(=O)c2cc([N+](=O)[O-])ccc2Cl)sc2cc(NC(C)=O)ccc21. The summed E-state index contributed by atoms with van der Waals surface area (Å²) < 4.78 is 7.16. The number of aromatic nitrogens is 1. The number of esters is 1. The summed E-state index contributed by atoms with van der Waals surface area (Å²) in [7, 11) is 0. The largest absolute Gasteiger partial charge is 0.465 e. The fraction of sp³-hybridized carbons (Fsp3) is 0.200. The number of amides is 2. The van der Waals surface area contributed by atoms with E-state index in [2.05, 4.69) is 10.3 Å². The Morgan fingerprint density at radius 3 is 2.66 bits per heavy atom. The van der Waals surface area contributed by atoms with E-state index in [1.54, 1.807) is 25.1 Å². The van der Waals surface area contributed by atoms with Gasteiger partial charge in [-0.3, -0.25) is 24.5 Å². The van der Waals surface area contributed by atoms with Crippen LogP contribution in [0.5, 0.6) is 0 Å². The zero-order valence-corrected chi connectivity index (χ0v) is 18.5. The maximum Gasteiger partial charge on any atom is 0.326 e. The Bertz CT molecular complexity index is 1310. The molecule has 3 aromatic rings. The van der Waals surface area contributed by atoms with Gasteiger partial charge in [0, 0.05) is 24.7 Å². The zero-order valence-electron chi connectivity index (χ0n) is 17.0. The van der Waals surface area contributed by atoms with E-state index >= 15 is 0 Å². The third-order valence-electron chi connectivity index (χ3n) is 4.18. The first kappa shape index (κ1) is 23.1. The van der Waals surface area contributed by atoms with Gasteiger partial charge in [-0.05, 0) is 31.2 Å². The Morgan fingerprint density at radius 1 is 1.25 bits per heavy atom. The minimum Gasteiger partial charge on any atom is -0.465 e. The van der Waals surface area contributed by atoms with Gasteiger partial charge in [0.1, 0.15) is 6.54 Å². The molecule has 0 aliphatic rings. The molecule has 0 aliphatic heterocycles. The quantitative estimate of drug-likeness (QED) is 0.328. The second-order valence-corrected chi connectivity index (χ2v) is 7.89. The highest BCUT2D eigenvalue weighted by atomic mass is 35.5. The van der Waals surface area contributed by atoms with E-state index in [4.69, 9.17) is 16.3 Å². The van der Waals surface area contributed by atoms with Crippen LogP contribution >= 0.6 is 22.9 Å². The van der Waals surface area contributed by atoms with Crippen LogP contribution in [0.1, 0.15) is 24.2 Å². The van der Waals surface area contributed by atoms with E-state index in [9.17, 15) is 24.5 Å². The Morgan fingerprint density at radius 2 is 2.00 bits per heavy atom. The normalized spacial score (nSPS) is 11.4. The smallest absolute Gasteiger partial charge is 0.326 e. The number of nitro benzene ring substituents is 1. The number of nitro groups is 1. The summed E-state index contributed by atoms with van der Waals surface area (Å²) in [6, 6.07) is 8.50. The number of halogens is 1. The van der Waals surface area contributed by atoms with Crippen LogP contribution in [0.2, 0.25) is 5.02 Å². The van der Waals surface area contributed by atoms with Crippen molar-refractivity contribution in [3.05, 3.63) is 61.9 Å². The number of carbonyl (C=O) groups excluding carboxylic acids is 3. The Hall–Kier alpha value is -3.57. The van der Waals surface area contributed by atoms with Crippen LogP contribution in [0.4, 0.5) is 11.4 Å². The summed E-state index contributed by atoms with van der Waals surface area (Å²) in [4.78, 5) is 50.9. The van der Waals surface area contributed by atoms with Crippen LogP contribution in [0.15, 0.2) is 41.4 Å². The number of ether oxygens (including phenoxy) is 1. The average molecular weight is 477 g/mol. The second-order valence-electron chi connectivity index (χ2n) is 6.48. The predicted molar refractivity (Wildman–Crippen MR) is 119 cm³/mol. The molecule has 0 spiro atoms. The molecule has 12 heteroatoms. The number of fused-ring (bicyclic) bond motifs is 1. The van der Waals surface area contributed by atoms with Gasteiger partial charge in [0.25, 0.3) is 11.6 Å². The van der Waals surface area contributed by atoms with Crippen molar-refractivity contribution in [1.82, 2.24) is 4.57 Å². The van der Waals surface area contributed by atoms with Gasteiger partial charge >= 0.3 is 5.97 Å². The van der Waals surface area contributed by atoms with Crippen molar-refractivity contribution in [2.45, 2.75) is 20.4 Å². The monoisotopic (exact) mass is 476 g/mol. The van der Waals surface area contributed by atoms with E-state index in [-0.39, 0.29) is 40.1 Å². The Labute approximate surface area is 190 Å². The number of non-ortho nitro benzene ring substituents is 1. The van der Waals surface area contributed by atoms with E-state index in [0.29, 0.717) is 15.9 Å². The van der Waals surface area contributed by atoms with Crippen LogP contribution in [0.25, 0.3) is 10.2 Å². The zero-order chi connectivity index (χ0) is 23.4. The third kappa shape index (κ3) is 5.18. The van der Waals surface area contributed by atoms with Gasteiger partial charge in [0.15, 0.2) is 4.80 Å². The van der Waals surface area contributed by atoms with Crippen molar-refractivity contribution < 1.29 is 24.0 Å². The lowest BCUT2D eigenvalue weighted by molar-refractivity contribution is -0.384. The highest BCUT2D eigenvalue weighted by Gasteiger charge is 2.17. The van der Waals surface area contributed by atoms with Crippen molar-refractivity contribution in [2.75, 3.05) is 11.9 Å². The molecular weight excluding hydrogens is 460 g/mol. The molecule has 1 heterocycles. The number of anilines is 1. The van der Waals surface area contributed by atoms with Gasteiger partial charge in [-0.25, -0.2) is 0 Å². The Kier molecular flexibility index (Phi) is 7.01. The summed E-state index contributed by atoms with van der Waals surface area (Å²) in [6.07, 6.45) is 0. The summed E-state index contributed by atoms with van der Waals surface area (Å²) >= 11 is 7.16. The van der Waals surface area contributed by atoms with Crippen LogP contribution in [0.3, 0.4) is 0 Å². The molecule has 0 unspecified atom stereocenters. The standard InChI is InChI=1S/C20H17ClN4O6S/c1-3-31-18(27)10-24-16-7-4-12(22-11(2)26)8-17(16)32-20(24)23-19(28)14-9-13(25(29)30)5-6-15(14)21/h4-9H,3,10H2,1-2H3,(H,22,26). The lowest BCUT2D eigenvalue weighted by Crippen LogP contribution is -2.23. The predicted octanol–water partition coefficient (Wildman–Crippen LogP) is 3.53. The molecule has 3 rings (SSSR count). The maximum absolute atomic E-state index is 12.8. The van der Waals surface area contributed by atoms with Crippen LogP contribution in [0, 0.1) is 10.1 Å². The van der Waals surface area contributed by atoms with E-state index in [0.717, 1.165) is 17.4 Å². The van der Waals surface area contributed by atoms with Crippen LogP contribution in [-0.2, 0) is 20.9 Å². The molecule has 2 aromatic carbocycles. The van der Waals surface area contributed by atoms with Gasteiger partial charge in [-0.2, -0.15) is 4.99 Å². The molecule has 0 saturated heterocycles. The molecule has 0 aliphatic carbocycles. The average Bonchev–Trinajstić information content (AvgIpc) is 3.03. The first-order valence-corrected chi connectivity index (χ1v) is 10.5. The topological polar surface area (TPSA) is 133 Å². The number of hydrogen-bond acceptors (Lipinski definition) is 7. The number of thiazole rings is 1. The van der Waals surface area contributed by atoms with Crippen molar-refractivity contribution in [3.8, 4) is 0 Å². The molecule has 32 heavy (non-hydrogen) atoms. The first-order valence-electron chi connectivity index (χ1n) is 9.29. The van der Waals surface area contributed by atoms with Gasteiger partial charge in [0.2, 0.25) is 5.91 Å². The molecule has 0 bridgehead atoms. The fourth-order valence-electron chi connectivity index (χ4n) is 2.87. The highest BCUT2D eigenvalue weighted by molar-refractivity contribution is 7.16. The van der Waals surface area contributed by atoms with Crippen LogP contribution < -0.4 is 10.1 Å². The van der Waals surface area contributed by atoms with Gasteiger partial charge in [0.05, 0.1) is 32.3 Å². The lowest BCUT2D eigenvalue weighted by Gasteiger charge is -2.06. The molecule has 1 N–H and O–H groups in total. The molecule has 0 radical (unpaired) electrons. The van der Waals surface area contributed by atoms with Crippen molar-refractivity contribution >= 4 is 62.3 Å². The molecule has 166 valence electrons. The number of nitrogens with zero attached hydrogens (tertiary/aromatic N) is 3. The molecule has 10 nitrogen and oxygen atoms in total. The van der Waals surface area contributed by atoms with Crippen molar-refractivity contribution in [2.24, 2.45) is 4.99 Å². The summed E-state index contributed by atoms with van der Waals surface area (Å²) in [5.74, 6) is -1.58. The highest BCUT2D eigenvalue weighted by Crippen LogP contribution is 2.24. The third-order valence-corrected chi connectivity index (χ3v) is 5.55. The molecular formula is C20H17ClN4O6S. The first-order chi connectivity index (χ1) is 15.2. The number of nitrogens with one attached hydrogen (secondary N) is 1. The summed E-state index contributed by atoms with van der Waals surface area (Å²) in [6.45, 7) is 3.03. The van der Waals surface area contributed by atoms with Gasteiger partial charge in [-0.1, -0.05) is 22.9 Å². The molecule has 1 aromatic heterocycles. The van der Waals surface area contributed by atoms with E-state index in [1.165, 1.54) is 23.6 Å². The van der Waals surface area contributed by atoms with Crippen LogP contribution in [-0.4, -0.2) is 33.9 Å². The van der Waals surface area contributed by atoms with Gasteiger partial charge < -0.3 is 14.6 Å². The van der Waals surface area contributed by atoms with E-state index < -0.39 is 16.8 Å². The summed E-state index contributed by atoms with van der Waals surface area (Å²) in [5.41, 5.74) is 0.687. The second kappa shape index (κ2) is 9.71. The Balaban J connectivity index is 2.14. The maximum atomic E-state index is 12.8. The molecule has 0 saturated carbocycles. The van der Waals surface area contributed by atoms with Crippen molar-refractivity contribution in [1.29, 1.82) is 0 Å². The molecule has 0 fully saturated rings. The minimum atomic E-state index is -0.801. The molecule has 0 atom stereocenters. The fourth-order valence-corrected chi connectivity index (χ4v) is 4.13. The van der Waals surface area contributed by atoms with Gasteiger partial charge in [-0.15, -0.1) is 0 Å². The molecule has 2 amide bonds. The number of hydrogen-bond donors (Lipinski definition) is 1. The number of benzene rings is 2. The summed E-state index contributed by atoms with van der Waals surface area (Å²) in [5, 5.41) is 13.7.